The Kier molecular flexibility index (Phi) is 4.28. The molecule has 2 amide bonds. The normalized spacial score (nSPS) is 11.8. The van der Waals surface area contributed by atoms with Gasteiger partial charge in [0.2, 0.25) is 6.79 Å². The molecule has 2 aromatic carbocycles. The summed E-state index contributed by atoms with van der Waals surface area (Å²) in [5.41, 5.74) is 2.24. The summed E-state index contributed by atoms with van der Waals surface area (Å²) in [6.45, 7) is 0.159. The number of benzene rings is 2. The second kappa shape index (κ2) is 6.89. The highest BCUT2D eigenvalue weighted by molar-refractivity contribution is 7.08. The molecule has 130 valence electrons. The van der Waals surface area contributed by atoms with Gasteiger partial charge in [-0.15, -0.1) is 0 Å². The Morgan fingerprint density at radius 1 is 0.846 bits per heavy atom. The molecule has 6 nitrogen and oxygen atoms in total. The van der Waals surface area contributed by atoms with Crippen LogP contribution in [0, 0.1) is 0 Å². The Labute approximate surface area is 153 Å². The number of thiophene rings is 1. The van der Waals surface area contributed by atoms with E-state index < -0.39 is 0 Å². The highest BCUT2D eigenvalue weighted by Gasteiger charge is 2.16. The molecule has 26 heavy (non-hydrogen) atoms. The molecule has 7 heteroatoms. The SMILES string of the molecule is O=C(Nc1cccc(NC(=O)c2ccc3c(c2)OCO3)c1)c1ccsc1. The van der Waals surface area contributed by atoms with E-state index in [-0.39, 0.29) is 18.6 Å². The second-order valence-corrected chi connectivity index (χ2v) is 6.35. The largest absolute Gasteiger partial charge is 0.454 e. The number of amides is 2. The van der Waals surface area contributed by atoms with Crippen molar-refractivity contribution in [2.75, 3.05) is 17.4 Å². The smallest absolute Gasteiger partial charge is 0.256 e. The lowest BCUT2D eigenvalue weighted by molar-refractivity contribution is 0.101. The fraction of sp³-hybridized carbons (Fsp3) is 0.0526. The van der Waals surface area contributed by atoms with Gasteiger partial charge in [-0.05, 0) is 47.8 Å². The van der Waals surface area contributed by atoms with E-state index in [0.717, 1.165) is 0 Å². The third kappa shape index (κ3) is 3.38. The van der Waals surface area contributed by atoms with Gasteiger partial charge >= 0.3 is 0 Å². The predicted octanol–water partition coefficient (Wildman–Crippen LogP) is 3.98. The summed E-state index contributed by atoms with van der Waals surface area (Å²) < 4.78 is 10.5. The molecule has 0 unspecified atom stereocenters. The molecule has 0 atom stereocenters. The van der Waals surface area contributed by atoms with E-state index in [1.54, 1.807) is 53.9 Å². The van der Waals surface area contributed by atoms with E-state index >= 15 is 0 Å². The molecule has 2 heterocycles. The molecule has 4 rings (SSSR count). The van der Waals surface area contributed by atoms with Crippen LogP contribution in [0.25, 0.3) is 0 Å². The van der Waals surface area contributed by atoms with E-state index in [1.807, 2.05) is 5.38 Å². The van der Waals surface area contributed by atoms with Crippen molar-refractivity contribution in [3.63, 3.8) is 0 Å². The fourth-order valence-electron chi connectivity index (χ4n) is 2.51. The topological polar surface area (TPSA) is 76.7 Å². The quantitative estimate of drug-likeness (QED) is 0.732. The summed E-state index contributed by atoms with van der Waals surface area (Å²) in [4.78, 5) is 24.6. The van der Waals surface area contributed by atoms with Gasteiger partial charge in [0.1, 0.15) is 0 Å². The van der Waals surface area contributed by atoms with Crippen molar-refractivity contribution >= 4 is 34.5 Å². The third-order valence-electron chi connectivity index (χ3n) is 3.80. The minimum Gasteiger partial charge on any atom is -0.454 e. The van der Waals surface area contributed by atoms with Crippen LogP contribution in [-0.4, -0.2) is 18.6 Å². The van der Waals surface area contributed by atoms with Crippen LogP contribution in [-0.2, 0) is 0 Å². The number of ether oxygens (including phenoxy) is 2. The second-order valence-electron chi connectivity index (χ2n) is 5.57. The molecule has 1 aromatic heterocycles. The van der Waals surface area contributed by atoms with Gasteiger partial charge in [0.25, 0.3) is 11.8 Å². The fourth-order valence-corrected chi connectivity index (χ4v) is 3.15. The van der Waals surface area contributed by atoms with Gasteiger partial charge in [-0.25, -0.2) is 0 Å². The van der Waals surface area contributed by atoms with Crippen LogP contribution in [0.3, 0.4) is 0 Å². The van der Waals surface area contributed by atoms with Gasteiger partial charge in [0, 0.05) is 22.3 Å². The van der Waals surface area contributed by atoms with Crippen molar-refractivity contribution in [1.82, 2.24) is 0 Å². The lowest BCUT2D eigenvalue weighted by atomic mass is 10.2. The van der Waals surface area contributed by atoms with Crippen LogP contribution in [0.4, 0.5) is 11.4 Å². The van der Waals surface area contributed by atoms with Gasteiger partial charge in [0.05, 0.1) is 5.56 Å². The molecule has 0 saturated carbocycles. The summed E-state index contributed by atoms with van der Waals surface area (Å²) in [6, 6.07) is 13.8. The summed E-state index contributed by atoms with van der Waals surface area (Å²) >= 11 is 1.46. The number of hydrogen-bond donors (Lipinski definition) is 2. The van der Waals surface area contributed by atoms with Crippen LogP contribution in [0.5, 0.6) is 11.5 Å². The first-order chi connectivity index (χ1) is 12.7. The number of fused-ring (bicyclic) bond motifs is 1. The lowest BCUT2D eigenvalue weighted by Gasteiger charge is -2.09. The van der Waals surface area contributed by atoms with Crippen LogP contribution in [0.2, 0.25) is 0 Å². The van der Waals surface area contributed by atoms with Crippen LogP contribution in [0.1, 0.15) is 20.7 Å². The number of rotatable bonds is 4. The molecule has 0 aliphatic carbocycles. The van der Waals surface area contributed by atoms with E-state index in [0.29, 0.717) is 34.0 Å². The van der Waals surface area contributed by atoms with Gasteiger partial charge in [0.15, 0.2) is 11.5 Å². The minimum absolute atomic E-state index is 0.159. The number of carbonyl (C=O) groups excluding carboxylic acids is 2. The maximum atomic E-state index is 12.4. The molecule has 1 aliphatic rings. The summed E-state index contributed by atoms with van der Waals surface area (Å²) in [6.07, 6.45) is 0. The summed E-state index contributed by atoms with van der Waals surface area (Å²) in [5, 5.41) is 9.25. The highest BCUT2D eigenvalue weighted by Crippen LogP contribution is 2.32. The van der Waals surface area contributed by atoms with Gasteiger partial charge in [-0.3, -0.25) is 9.59 Å². The van der Waals surface area contributed by atoms with E-state index in [1.165, 1.54) is 11.3 Å². The molecule has 0 saturated heterocycles. The zero-order valence-corrected chi connectivity index (χ0v) is 14.3. The van der Waals surface area contributed by atoms with Crippen LogP contribution < -0.4 is 20.1 Å². The number of anilines is 2. The van der Waals surface area contributed by atoms with Crippen molar-refractivity contribution in [2.45, 2.75) is 0 Å². The monoisotopic (exact) mass is 366 g/mol. The van der Waals surface area contributed by atoms with E-state index in [9.17, 15) is 9.59 Å². The Hall–Kier alpha value is -3.32. The molecule has 0 spiro atoms. The van der Waals surface area contributed by atoms with Crippen LogP contribution >= 0.6 is 11.3 Å². The lowest BCUT2D eigenvalue weighted by Crippen LogP contribution is -2.13. The summed E-state index contributed by atoms with van der Waals surface area (Å²) in [5.74, 6) is 0.712. The van der Waals surface area contributed by atoms with Crippen molar-refractivity contribution in [2.24, 2.45) is 0 Å². The molecule has 3 aromatic rings. The minimum atomic E-state index is -0.274. The molecule has 0 bridgehead atoms. The van der Waals surface area contributed by atoms with Crippen molar-refractivity contribution in [3.8, 4) is 11.5 Å². The maximum absolute atomic E-state index is 12.4. The van der Waals surface area contributed by atoms with E-state index in [4.69, 9.17) is 9.47 Å². The average molecular weight is 366 g/mol. The Balaban J connectivity index is 1.46. The molecular weight excluding hydrogens is 352 g/mol. The first kappa shape index (κ1) is 16.2. The molecule has 0 radical (unpaired) electrons. The van der Waals surface area contributed by atoms with Crippen molar-refractivity contribution < 1.29 is 19.1 Å². The Morgan fingerprint density at radius 2 is 1.58 bits per heavy atom. The maximum Gasteiger partial charge on any atom is 0.256 e. The molecule has 1 aliphatic heterocycles. The van der Waals surface area contributed by atoms with Crippen molar-refractivity contribution in [3.05, 3.63) is 70.4 Å². The number of carbonyl (C=O) groups is 2. The molecular formula is C19H14N2O4S. The number of hydrogen-bond acceptors (Lipinski definition) is 5. The zero-order chi connectivity index (χ0) is 17.9. The van der Waals surface area contributed by atoms with E-state index in [2.05, 4.69) is 10.6 Å². The first-order valence-corrected chi connectivity index (χ1v) is 8.78. The zero-order valence-electron chi connectivity index (χ0n) is 13.5. The Morgan fingerprint density at radius 3 is 2.31 bits per heavy atom. The Bertz CT molecular complexity index is 969. The van der Waals surface area contributed by atoms with Gasteiger partial charge < -0.3 is 20.1 Å². The first-order valence-electron chi connectivity index (χ1n) is 7.84. The van der Waals surface area contributed by atoms with Gasteiger partial charge in [-0.1, -0.05) is 6.07 Å². The average Bonchev–Trinajstić information content (AvgIpc) is 3.33. The predicted molar refractivity (Wildman–Crippen MR) is 99.2 cm³/mol. The standard InChI is InChI=1S/C19H14N2O4S/c22-18(12-4-5-16-17(8-12)25-11-24-16)20-14-2-1-3-15(9-14)21-19(23)13-6-7-26-10-13/h1-10H,11H2,(H,20,22)(H,21,23). The molecule has 2 N–H and O–H groups in total. The molecule has 0 fully saturated rings. The highest BCUT2D eigenvalue weighted by atomic mass is 32.1. The van der Waals surface area contributed by atoms with Gasteiger partial charge in [-0.2, -0.15) is 11.3 Å². The van der Waals surface area contributed by atoms with Crippen molar-refractivity contribution in [1.29, 1.82) is 0 Å². The number of nitrogens with one attached hydrogen (secondary N) is 2. The van der Waals surface area contributed by atoms with Crippen LogP contribution in [0.15, 0.2) is 59.3 Å². The third-order valence-corrected chi connectivity index (χ3v) is 4.48. The summed E-state index contributed by atoms with van der Waals surface area (Å²) in [7, 11) is 0.